The number of carbonyl (C=O) groups is 2. The standard InChI is InChI=1S/C14H16N2O5/c17-12(10-4-7-20-9-10)3-5-15-13(18)14(19)16-8-11-2-1-6-21-11/h1-2,4,6-7,9,12,17H,3,5,8H2,(H,15,18)(H,16,19)/t12-/m0/s1. The maximum absolute atomic E-state index is 11.5. The molecule has 21 heavy (non-hydrogen) atoms. The molecule has 0 bridgehead atoms. The third-order valence-electron chi connectivity index (χ3n) is 2.84. The number of hydrogen-bond donors (Lipinski definition) is 3. The van der Waals surface area contributed by atoms with Crippen LogP contribution in [-0.4, -0.2) is 23.5 Å². The van der Waals surface area contributed by atoms with E-state index in [9.17, 15) is 14.7 Å². The Labute approximate surface area is 120 Å². The fourth-order valence-electron chi connectivity index (χ4n) is 1.69. The molecule has 2 amide bonds. The number of aliphatic hydroxyl groups excluding tert-OH is 1. The van der Waals surface area contributed by atoms with E-state index in [4.69, 9.17) is 8.83 Å². The van der Waals surface area contributed by atoms with E-state index in [1.54, 1.807) is 18.2 Å². The minimum atomic E-state index is -0.749. The van der Waals surface area contributed by atoms with Gasteiger partial charge >= 0.3 is 11.8 Å². The molecule has 112 valence electrons. The summed E-state index contributed by atoms with van der Waals surface area (Å²) in [6, 6.07) is 5.03. The van der Waals surface area contributed by atoms with E-state index < -0.39 is 17.9 Å². The lowest BCUT2D eigenvalue weighted by Gasteiger charge is -2.09. The van der Waals surface area contributed by atoms with Crippen molar-refractivity contribution in [2.45, 2.75) is 19.1 Å². The molecule has 0 saturated heterocycles. The third kappa shape index (κ3) is 4.50. The van der Waals surface area contributed by atoms with Crippen molar-refractivity contribution in [2.75, 3.05) is 6.54 Å². The van der Waals surface area contributed by atoms with E-state index in [1.165, 1.54) is 18.8 Å². The minimum absolute atomic E-state index is 0.150. The Morgan fingerprint density at radius 2 is 2.00 bits per heavy atom. The summed E-state index contributed by atoms with van der Waals surface area (Å²) in [5.74, 6) is -0.934. The lowest BCUT2D eigenvalue weighted by molar-refractivity contribution is -0.139. The van der Waals surface area contributed by atoms with Gasteiger partial charge in [-0.15, -0.1) is 0 Å². The average Bonchev–Trinajstić information content (AvgIpc) is 3.17. The van der Waals surface area contributed by atoms with Crippen LogP contribution in [0, 0.1) is 0 Å². The monoisotopic (exact) mass is 292 g/mol. The summed E-state index contributed by atoms with van der Waals surface area (Å²) in [5, 5.41) is 14.6. The molecule has 7 nitrogen and oxygen atoms in total. The largest absolute Gasteiger partial charge is 0.472 e. The SMILES string of the molecule is O=C(NCC[C@H](O)c1ccoc1)C(=O)NCc1ccco1. The molecular formula is C14H16N2O5. The Morgan fingerprint density at radius 1 is 1.19 bits per heavy atom. The molecule has 7 heteroatoms. The van der Waals surface area contributed by atoms with Crippen LogP contribution in [0.5, 0.6) is 0 Å². The lowest BCUT2D eigenvalue weighted by atomic mass is 10.1. The second kappa shape index (κ2) is 7.30. The van der Waals surface area contributed by atoms with Crippen molar-refractivity contribution in [3.8, 4) is 0 Å². The summed E-state index contributed by atoms with van der Waals surface area (Å²) in [7, 11) is 0. The van der Waals surface area contributed by atoms with Gasteiger partial charge in [-0.1, -0.05) is 0 Å². The predicted molar refractivity (Wildman–Crippen MR) is 71.8 cm³/mol. The number of carbonyl (C=O) groups excluding carboxylic acids is 2. The van der Waals surface area contributed by atoms with Crippen molar-refractivity contribution in [1.82, 2.24) is 10.6 Å². The highest BCUT2D eigenvalue weighted by atomic mass is 16.3. The summed E-state index contributed by atoms with van der Waals surface area (Å²) < 4.78 is 9.88. The average molecular weight is 292 g/mol. The van der Waals surface area contributed by atoms with Crippen molar-refractivity contribution in [1.29, 1.82) is 0 Å². The number of aliphatic hydroxyl groups is 1. The first-order valence-corrected chi connectivity index (χ1v) is 6.45. The van der Waals surface area contributed by atoms with E-state index in [0.29, 0.717) is 11.3 Å². The van der Waals surface area contributed by atoms with Crippen LogP contribution < -0.4 is 10.6 Å². The molecule has 0 saturated carbocycles. The molecule has 0 aliphatic rings. The molecule has 2 aromatic heterocycles. The van der Waals surface area contributed by atoms with E-state index >= 15 is 0 Å². The summed E-state index contributed by atoms with van der Waals surface area (Å²) in [4.78, 5) is 23.0. The van der Waals surface area contributed by atoms with E-state index in [-0.39, 0.29) is 19.5 Å². The Kier molecular flexibility index (Phi) is 5.16. The van der Waals surface area contributed by atoms with Crippen molar-refractivity contribution >= 4 is 11.8 Å². The van der Waals surface area contributed by atoms with Crippen LogP contribution in [0.3, 0.4) is 0 Å². The quantitative estimate of drug-likeness (QED) is 0.681. The zero-order chi connectivity index (χ0) is 15.1. The van der Waals surface area contributed by atoms with Crippen LogP contribution >= 0.6 is 0 Å². The lowest BCUT2D eigenvalue weighted by Crippen LogP contribution is -2.40. The number of amides is 2. The highest BCUT2D eigenvalue weighted by Gasteiger charge is 2.14. The Bertz CT molecular complexity index is 562. The van der Waals surface area contributed by atoms with Gasteiger partial charge in [0.15, 0.2) is 0 Å². The molecule has 0 radical (unpaired) electrons. The van der Waals surface area contributed by atoms with Crippen LogP contribution in [0.1, 0.15) is 23.8 Å². The second-order valence-electron chi connectivity index (χ2n) is 4.38. The van der Waals surface area contributed by atoms with Crippen LogP contribution in [0.25, 0.3) is 0 Å². The van der Waals surface area contributed by atoms with E-state index in [1.807, 2.05) is 0 Å². The number of nitrogens with one attached hydrogen (secondary N) is 2. The first kappa shape index (κ1) is 14.9. The van der Waals surface area contributed by atoms with Gasteiger partial charge in [-0.2, -0.15) is 0 Å². The molecule has 0 spiro atoms. The fourth-order valence-corrected chi connectivity index (χ4v) is 1.69. The van der Waals surface area contributed by atoms with Gasteiger partial charge in [-0.25, -0.2) is 0 Å². The maximum atomic E-state index is 11.5. The third-order valence-corrected chi connectivity index (χ3v) is 2.84. The van der Waals surface area contributed by atoms with Gasteiger partial charge in [0.25, 0.3) is 0 Å². The van der Waals surface area contributed by atoms with Gasteiger partial charge in [-0.3, -0.25) is 9.59 Å². The summed E-state index contributed by atoms with van der Waals surface area (Å²) in [6.07, 6.45) is 3.92. The van der Waals surface area contributed by atoms with Crippen LogP contribution in [0.15, 0.2) is 45.8 Å². The van der Waals surface area contributed by atoms with Gasteiger partial charge in [0.2, 0.25) is 0 Å². The minimum Gasteiger partial charge on any atom is -0.472 e. The molecule has 2 heterocycles. The van der Waals surface area contributed by atoms with E-state index in [2.05, 4.69) is 10.6 Å². The Hall–Kier alpha value is -2.54. The van der Waals surface area contributed by atoms with Gasteiger partial charge in [0.1, 0.15) is 5.76 Å². The van der Waals surface area contributed by atoms with Gasteiger partial charge in [-0.05, 0) is 24.6 Å². The molecule has 2 rings (SSSR count). The highest BCUT2D eigenvalue weighted by Crippen LogP contribution is 2.15. The van der Waals surface area contributed by atoms with Crippen molar-refractivity contribution < 1.29 is 23.5 Å². The molecule has 1 atom stereocenters. The number of rotatable bonds is 6. The number of furan rings is 2. The summed E-state index contributed by atoms with van der Waals surface area (Å²) >= 11 is 0. The van der Waals surface area contributed by atoms with Gasteiger partial charge in [0.05, 0.1) is 31.4 Å². The molecule has 0 aromatic carbocycles. The normalized spacial score (nSPS) is 11.9. The van der Waals surface area contributed by atoms with E-state index in [0.717, 1.165) is 0 Å². The Morgan fingerprint density at radius 3 is 2.67 bits per heavy atom. The second-order valence-corrected chi connectivity index (χ2v) is 4.38. The molecule has 0 unspecified atom stereocenters. The zero-order valence-electron chi connectivity index (χ0n) is 11.2. The Balaban J connectivity index is 1.65. The summed E-state index contributed by atoms with van der Waals surface area (Å²) in [6.45, 7) is 0.330. The van der Waals surface area contributed by atoms with Crippen LogP contribution in [0.4, 0.5) is 0 Å². The first-order valence-electron chi connectivity index (χ1n) is 6.45. The van der Waals surface area contributed by atoms with Crippen molar-refractivity contribution in [3.63, 3.8) is 0 Å². The van der Waals surface area contributed by atoms with Crippen molar-refractivity contribution in [2.24, 2.45) is 0 Å². The zero-order valence-corrected chi connectivity index (χ0v) is 11.2. The van der Waals surface area contributed by atoms with Crippen LogP contribution in [0.2, 0.25) is 0 Å². The first-order chi connectivity index (χ1) is 10.2. The van der Waals surface area contributed by atoms with Crippen molar-refractivity contribution in [3.05, 3.63) is 48.3 Å². The molecular weight excluding hydrogens is 276 g/mol. The fraction of sp³-hybridized carbons (Fsp3) is 0.286. The highest BCUT2D eigenvalue weighted by molar-refractivity contribution is 6.35. The topological polar surface area (TPSA) is 105 Å². The predicted octanol–water partition coefficient (Wildman–Crippen LogP) is 0.729. The maximum Gasteiger partial charge on any atom is 0.309 e. The smallest absolute Gasteiger partial charge is 0.309 e. The van der Waals surface area contributed by atoms with Gasteiger partial charge < -0.3 is 24.6 Å². The van der Waals surface area contributed by atoms with Gasteiger partial charge in [0, 0.05) is 12.1 Å². The molecule has 3 N–H and O–H groups in total. The molecule has 0 aliphatic carbocycles. The number of hydrogen-bond acceptors (Lipinski definition) is 5. The van der Waals surface area contributed by atoms with Crippen LogP contribution in [-0.2, 0) is 16.1 Å². The molecule has 0 aliphatic heterocycles. The summed E-state index contributed by atoms with van der Waals surface area (Å²) in [5.41, 5.74) is 0.631. The molecule has 2 aromatic rings. The molecule has 0 fully saturated rings.